The van der Waals surface area contributed by atoms with Crippen molar-refractivity contribution < 1.29 is 72.3 Å². The number of aryl methyl sites for hydroxylation is 3. The molecule has 0 atom stereocenters. The molecule has 15 heteroatoms. The van der Waals surface area contributed by atoms with Crippen molar-refractivity contribution in [2.75, 3.05) is 19.8 Å². The maximum absolute atomic E-state index is 12.6. The summed E-state index contributed by atoms with van der Waals surface area (Å²) in [6, 6.07) is 19.9. The number of carbonyl (C=O) groups is 6. The summed E-state index contributed by atoms with van der Waals surface area (Å²) in [6.07, 6.45) is 8.21. The first-order valence-corrected chi connectivity index (χ1v) is 20.9. The molecule has 0 aliphatic heterocycles. The van der Waals surface area contributed by atoms with Gasteiger partial charge in [0.25, 0.3) is 0 Å². The fourth-order valence-corrected chi connectivity index (χ4v) is 6.10. The first-order chi connectivity index (χ1) is 29.5. The number of unbranched alkanes of at least 4 members (excludes halogenated alkanes) is 6. The summed E-state index contributed by atoms with van der Waals surface area (Å²) in [5, 5.41) is 0. The van der Waals surface area contributed by atoms with Crippen LogP contribution in [0.2, 0.25) is 0 Å². The van der Waals surface area contributed by atoms with Gasteiger partial charge in [-0.1, -0.05) is 109 Å². The van der Waals surface area contributed by atoms with Crippen LogP contribution in [0, 0.1) is 5.41 Å². The third-order valence-electron chi connectivity index (χ3n) is 9.60. The fraction of sp³-hybridized carbons (Fsp3) is 0.478. The highest BCUT2D eigenvalue weighted by Crippen LogP contribution is 2.27. The van der Waals surface area contributed by atoms with E-state index < -0.39 is 61.6 Å². The summed E-state index contributed by atoms with van der Waals surface area (Å²) in [5.74, 6) is -2.86. The predicted molar refractivity (Wildman–Crippen MR) is 220 cm³/mol. The molecule has 15 nitrogen and oxygen atoms in total. The van der Waals surface area contributed by atoms with Gasteiger partial charge in [0, 0.05) is 0 Å². The zero-order valence-corrected chi connectivity index (χ0v) is 35.6. The van der Waals surface area contributed by atoms with Gasteiger partial charge in [-0.2, -0.15) is 14.4 Å². The summed E-state index contributed by atoms with van der Waals surface area (Å²) in [4.78, 5) is 103. The van der Waals surface area contributed by atoms with Crippen LogP contribution in [-0.2, 0) is 62.8 Å². The molecule has 0 unspecified atom stereocenters. The normalized spacial score (nSPS) is 10.8. The van der Waals surface area contributed by atoms with Gasteiger partial charge in [-0.25, -0.2) is 43.7 Å². The third-order valence-corrected chi connectivity index (χ3v) is 9.60. The lowest BCUT2D eigenvalue weighted by Gasteiger charge is -2.30. The molecule has 0 spiro atoms. The molecule has 0 aliphatic carbocycles. The van der Waals surface area contributed by atoms with E-state index in [-0.39, 0.29) is 23.1 Å². The summed E-state index contributed by atoms with van der Waals surface area (Å²) in [7, 11) is 0. The molecule has 0 aromatic heterocycles. The van der Waals surface area contributed by atoms with Crippen LogP contribution in [0.1, 0.15) is 146 Å². The zero-order valence-electron chi connectivity index (χ0n) is 35.6. The standard InChI is InChI=1S/C46H58O15/c1-5-9-12-15-34-18-24-37(25-19-34)40(47)56-59-43(50)53-31-46(30-8-4,32-54-44(51)60-57-41(48)38-26-20-35(21-27-38)16-13-10-6-2)33-55-45(52)61-58-42(49)39-28-22-36(23-29-39)17-14-11-7-3/h18-29H,5-17,30-33H2,1-4H3. The van der Waals surface area contributed by atoms with Gasteiger partial charge in [0.15, 0.2) is 0 Å². The van der Waals surface area contributed by atoms with Crippen LogP contribution in [0.25, 0.3) is 0 Å². The minimum Gasteiger partial charge on any atom is -0.431 e. The van der Waals surface area contributed by atoms with Crippen molar-refractivity contribution in [3.8, 4) is 0 Å². The molecule has 0 radical (unpaired) electrons. The van der Waals surface area contributed by atoms with Crippen molar-refractivity contribution in [1.82, 2.24) is 0 Å². The molecule has 0 bridgehead atoms. The largest absolute Gasteiger partial charge is 0.549 e. The molecule has 0 amide bonds. The van der Waals surface area contributed by atoms with Gasteiger partial charge in [-0.15, -0.1) is 0 Å². The van der Waals surface area contributed by atoms with Crippen molar-refractivity contribution in [2.45, 2.75) is 118 Å². The molecule has 3 rings (SSSR count). The number of hydrogen-bond donors (Lipinski definition) is 0. The van der Waals surface area contributed by atoms with E-state index in [1.165, 1.54) is 0 Å². The zero-order chi connectivity index (χ0) is 44.3. The summed E-state index contributed by atoms with van der Waals surface area (Å²) in [5.41, 5.74) is 2.01. The van der Waals surface area contributed by atoms with Crippen LogP contribution >= 0.6 is 0 Å². The Bertz CT molecular complexity index is 1600. The van der Waals surface area contributed by atoms with E-state index in [0.29, 0.717) is 6.42 Å². The van der Waals surface area contributed by atoms with Gasteiger partial charge >= 0.3 is 36.4 Å². The van der Waals surface area contributed by atoms with Crippen molar-refractivity contribution in [1.29, 1.82) is 0 Å². The number of ether oxygens (including phenoxy) is 3. The Morgan fingerprint density at radius 1 is 0.377 bits per heavy atom. The average molecular weight is 851 g/mol. The maximum Gasteiger partial charge on any atom is 0.549 e. The first-order valence-electron chi connectivity index (χ1n) is 20.9. The molecule has 0 fully saturated rings. The molecule has 0 aliphatic rings. The molecule has 0 N–H and O–H groups in total. The van der Waals surface area contributed by atoms with Crippen LogP contribution in [0.15, 0.2) is 72.8 Å². The van der Waals surface area contributed by atoms with Gasteiger partial charge in [-0.3, -0.25) is 0 Å². The Labute approximate surface area is 357 Å². The topological polar surface area (TPSA) is 185 Å². The highest BCUT2D eigenvalue weighted by Gasteiger charge is 2.37. The SMILES string of the molecule is CCCCCc1ccc(C(=O)OOC(=O)OCC(CCC)(COC(=O)OOC(=O)c2ccc(CCCCC)cc2)COC(=O)OOC(=O)c2ccc(CCCCC)cc2)cc1. The molecule has 0 saturated heterocycles. The van der Waals surface area contributed by atoms with Crippen LogP contribution in [0.3, 0.4) is 0 Å². The Morgan fingerprint density at radius 3 is 0.902 bits per heavy atom. The van der Waals surface area contributed by atoms with Crippen molar-refractivity contribution >= 4 is 36.4 Å². The smallest absolute Gasteiger partial charge is 0.431 e. The molecule has 61 heavy (non-hydrogen) atoms. The van der Waals surface area contributed by atoms with Gasteiger partial charge in [-0.05, 0) is 98.0 Å². The van der Waals surface area contributed by atoms with Crippen LogP contribution in [0.4, 0.5) is 14.4 Å². The quantitative estimate of drug-likeness (QED) is 0.0288. The van der Waals surface area contributed by atoms with Gasteiger partial charge < -0.3 is 14.2 Å². The van der Waals surface area contributed by atoms with E-state index in [0.717, 1.165) is 93.7 Å². The van der Waals surface area contributed by atoms with Crippen LogP contribution in [0.5, 0.6) is 0 Å². The monoisotopic (exact) mass is 850 g/mol. The van der Waals surface area contributed by atoms with E-state index in [1.54, 1.807) is 79.7 Å². The lowest BCUT2D eigenvalue weighted by atomic mass is 9.86. The molecular weight excluding hydrogens is 792 g/mol. The summed E-state index contributed by atoms with van der Waals surface area (Å²) < 4.78 is 15.6. The lowest BCUT2D eigenvalue weighted by Crippen LogP contribution is -2.40. The number of rotatable bonds is 23. The van der Waals surface area contributed by atoms with E-state index in [2.05, 4.69) is 50.1 Å². The lowest BCUT2D eigenvalue weighted by molar-refractivity contribution is -0.217. The Morgan fingerprint density at radius 2 is 0.656 bits per heavy atom. The second-order valence-electron chi connectivity index (χ2n) is 14.7. The molecule has 0 heterocycles. The fourth-order valence-electron chi connectivity index (χ4n) is 6.10. The van der Waals surface area contributed by atoms with E-state index in [1.807, 2.05) is 0 Å². The number of hydrogen-bond acceptors (Lipinski definition) is 15. The van der Waals surface area contributed by atoms with E-state index in [4.69, 9.17) is 14.2 Å². The van der Waals surface area contributed by atoms with Crippen molar-refractivity contribution in [3.05, 3.63) is 106 Å². The van der Waals surface area contributed by atoms with Crippen LogP contribution in [-0.4, -0.2) is 56.2 Å². The minimum absolute atomic E-state index is 0.0834. The molecule has 3 aromatic carbocycles. The number of carbonyl (C=O) groups excluding carboxylic acids is 6. The Kier molecular flexibility index (Phi) is 22.3. The minimum atomic E-state index is -1.50. The predicted octanol–water partition coefficient (Wildman–Crippen LogP) is 10.7. The molecule has 332 valence electrons. The summed E-state index contributed by atoms with van der Waals surface area (Å²) >= 11 is 0. The Hall–Kier alpha value is -6.12. The van der Waals surface area contributed by atoms with Gasteiger partial charge in [0.1, 0.15) is 19.8 Å². The van der Waals surface area contributed by atoms with Gasteiger partial charge in [0.05, 0.1) is 22.1 Å². The highest BCUT2D eigenvalue weighted by molar-refractivity contribution is 5.90. The molecule has 3 aromatic rings. The second-order valence-corrected chi connectivity index (χ2v) is 14.7. The third kappa shape index (κ3) is 18.8. The number of benzene rings is 3. The molecule has 0 saturated carbocycles. The highest BCUT2D eigenvalue weighted by atomic mass is 17.2. The molecular formula is C46H58O15. The Balaban J connectivity index is 1.60. The second kappa shape index (κ2) is 27.6. The van der Waals surface area contributed by atoms with Crippen molar-refractivity contribution in [2.24, 2.45) is 5.41 Å². The van der Waals surface area contributed by atoms with E-state index in [9.17, 15) is 28.8 Å². The summed E-state index contributed by atoms with van der Waals surface area (Å²) in [6.45, 7) is 6.19. The first kappa shape index (κ1) is 49.2. The van der Waals surface area contributed by atoms with Crippen molar-refractivity contribution in [3.63, 3.8) is 0 Å². The average Bonchev–Trinajstić information content (AvgIpc) is 3.28. The van der Waals surface area contributed by atoms with Gasteiger partial charge in [0.2, 0.25) is 0 Å². The van der Waals surface area contributed by atoms with Crippen LogP contribution < -0.4 is 0 Å². The van der Waals surface area contributed by atoms with E-state index >= 15 is 0 Å². The maximum atomic E-state index is 12.6.